The lowest BCUT2D eigenvalue weighted by Crippen LogP contribution is -2.13. The van der Waals surface area contributed by atoms with Crippen LogP contribution in [0.2, 0.25) is 0 Å². The van der Waals surface area contributed by atoms with E-state index in [0.29, 0.717) is 27.2 Å². The third-order valence-corrected chi connectivity index (χ3v) is 3.44. The van der Waals surface area contributed by atoms with E-state index in [4.69, 9.17) is 10.5 Å². The maximum atomic E-state index is 12.3. The number of halogens is 1. The molecular formula is C15H15BrN2O2. The molecule has 0 saturated carbocycles. The first-order chi connectivity index (χ1) is 9.51. The number of hydrogen-bond donors (Lipinski definition) is 2. The van der Waals surface area contributed by atoms with Crippen molar-refractivity contribution in [3.05, 3.63) is 52.0 Å². The monoisotopic (exact) mass is 334 g/mol. The molecule has 0 aliphatic rings. The van der Waals surface area contributed by atoms with Crippen LogP contribution in [0, 0.1) is 6.92 Å². The van der Waals surface area contributed by atoms with Crippen LogP contribution in [0.5, 0.6) is 5.75 Å². The predicted molar refractivity (Wildman–Crippen MR) is 84.2 cm³/mol. The Balaban J connectivity index is 2.32. The lowest BCUT2D eigenvalue weighted by molar-refractivity contribution is 0.102. The Kier molecular flexibility index (Phi) is 4.29. The third-order valence-electron chi connectivity index (χ3n) is 2.82. The Bertz CT molecular complexity index is 656. The number of carbonyl (C=O) groups excluding carboxylic acids is 1. The maximum absolute atomic E-state index is 12.3. The van der Waals surface area contributed by atoms with Crippen LogP contribution < -0.4 is 15.8 Å². The van der Waals surface area contributed by atoms with Crippen LogP contribution in [-0.4, -0.2) is 13.0 Å². The molecule has 4 nitrogen and oxygen atoms in total. The standard InChI is InChI=1S/C15H15BrN2O2/c1-9-4-3-5-10(6-9)15(19)18-14-12(16)7-11(17)8-13(14)20-2/h3-8H,17H2,1-2H3,(H,18,19). The van der Waals surface area contributed by atoms with Crippen molar-refractivity contribution in [2.24, 2.45) is 0 Å². The molecule has 0 fully saturated rings. The fourth-order valence-corrected chi connectivity index (χ4v) is 2.41. The minimum atomic E-state index is -0.197. The van der Waals surface area contributed by atoms with E-state index in [1.165, 1.54) is 7.11 Å². The second-order valence-corrected chi connectivity index (χ2v) is 5.26. The number of methoxy groups -OCH3 is 1. The van der Waals surface area contributed by atoms with Crippen molar-refractivity contribution >= 4 is 33.2 Å². The highest BCUT2D eigenvalue weighted by molar-refractivity contribution is 9.10. The Morgan fingerprint density at radius 2 is 2.05 bits per heavy atom. The number of hydrogen-bond acceptors (Lipinski definition) is 3. The SMILES string of the molecule is COc1cc(N)cc(Br)c1NC(=O)c1cccc(C)c1. The van der Waals surface area contributed by atoms with Crippen molar-refractivity contribution in [1.82, 2.24) is 0 Å². The van der Waals surface area contributed by atoms with Gasteiger partial charge in [-0.25, -0.2) is 0 Å². The van der Waals surface area contributed by atoms with E-state index >= 15 is 0 Å². The second-order valence-electron chi connectivity index (χ2n) is 4.40. The van der Waals surface area contributed by atoms with Crippen molar-refractivity contribution in [3.8, 4) is 5.75 Å². The lowest BCUT2D eigenvalue weighted by Gasteiger charge is -2.13. The molecule has 3 N–H and O–H groups in total. The molecule has 0 aromatic heterocycles. The highest BCUT2D eigenvalue weighted by atomic mass is 79.9. The van der Waals surface area contributed by atoms with Crippen molar-refractivity contribution in [2.75, 3.05) is 18.2 Å². The van der Waals surface area contributed by atoms with Crippen molar-refractivity contribution < 1.29 is 9.53 Å². The van der Waals surface area contributed by atoms with Gasteiger partial charge in [-0.2, -0.15) is 0 Å². The van der Waals surface area contributed by atoms with Crippen molar-refractivity contribution in [3.63, 3.8) is 0 Å². The number of nitrogen functional groups attached to an aromatic ring is 1. The zero-order valence-electron chi connectivity index (χ0n) is 11.2. The van der Waals surface area contributed by atoms with Gasteiger partial charge >= 0.3 is 0 Å². The van der Waals surface area contributed by atoms with Gasteiger partial charge in [0, 0.05) is 21.8 Å². The van der Waals surface area contributed by atoms with Gasteiger partial charge in [-0.3, -0.25) is 4.79 Å². The molecule has 0 radical (unpaired) electrons. The third kappa shape index (κ3) is 3.11. The zero-order chi connectivity index (χ0) is 14.7. The van der Waals surface area contributed by atoms with E-state index < -0.39 is 0 Å². The average molecular weight is 335 g/mol. The fourth-order valence-electron chi connectivity index (χ4n) is 1.86. The zero-order valence-corrected chi connectivity index (χ0v) is 12.8. The fraction of sp³-hybridized carbons (Fsp3) is 0.133. The smallest absolute Gasteiger partial charge is 0.255 e. The van der Waals surface area contributed by atoms with Crippen LogP contribution >= 0.6 is 15.9 Å². The molecule has 0 aliphatic carbocycles. The summed E-state index contributed by atoms with van der Waals surface area (Å²) in [7, 11) is 1.53. The summed E-state index contributed by atoms with van der Waals surface area (Å²) in [4.78, 5) is 12.3. The van der Waals surface area contributed by atoms with Crippen LogP contribution in [0.1, 0.15) is 15.9 Å². The van der Waals surface area contributed by atoms with Gasteiger partial charge < -0.3 is 15.8 Å². The molecule has 1 amide bonds. The topological polar surface area (TPSA) is 64.3 Å². The molecule has 0 spiro atoms. The molecule has 5 heteroatoms. The van der Waals surface area contributed by atoms with Crippen LogP contribution in [0.3, 0.4) is 0 Å². The maximum Gasteiger partial charge on any atom is 0.255 e. The van der Waals surface area contributed by atoms with E-state index in [9.17, 15) is 4.79 Å². The number of aryl methyl sites for hydroxylation is 1. The first-order valence-electron chi connectivity index (χ1n) is 6.02. The number of benzene rings is 2. The van der Waals surface area contributed by atoms with Gasteiger partial charge in [0.05, 0.1) is 12.8 Å². The van der Waals surface area contributed by atoms with Gasteiger partial charge in [-0.15, -0.1) is 0 Å². The summed E-state index contributed by atoms with van der Waals surface area (Å²) in [5.74, 6) is 0.315. The molecule has 0 heterocycles. The van der Waals surface area contributed by atoms with E-state index in [1.54, 1.807) is 18.2 Å². The van der Waals surface area contributed by atoms with Gasteiger partial charge in [0.2, 0.25) is 0 Å². The summed E-state index contributed by atoms with van der Waals surface area (Å²) in [6.07, 6.45) is 0. The molecule has 2 aromatic carbocycles. The summed E-state index contributed by atoms with van der Waals surface area (Å²) < 4.78 is 5.92. The number of rotatable bonds is 3. The van der Waals surface area contributed by atoms with Crippen molar-refractivity contribution in [2.45, 2.75) is 6.92 Å². The molecule has 104 valence electrons. The average Bonchev–Trinajstić information content (AvgIpc) is 2.41. The Labute approximate surface area is 126 Å². The minimum absolute atomic E-state index is 0.197. The molecular weight excluding hydrogens is 320 g/mol. The number of anilines is 2. The molecule has 0 aliphatic heterocycles. The number of ether oxygens (including phenoxy) is 1. The van der Waals surface area contributed by atoms with Crippen molar-refractivity contribution in [1.29, 1.82) is 0 Å². The van der Waals surface area contributed by atoms with Gasteiger partial charge in [-0.05, 0) is 41.1 Å². The van der Waals surface area contributed by atoms with Gasteiger partial charge in [0.1, 0.15) is 5.75 Å². The molecule has 0 saturated heterocycles. The van der Waals surface area contributed by atoms with Crippen LogP contribution in [0.4, 0.5) is 11.4 Å². The summed E-state index contributed by atoms with van der Waals surface area (Å²) >= 11 is 3.38. The molecule has 2 rings (SSSR count). The minimum Gasteiger partial charge on any atom is -0.494 e. The summed E-state index contributed by atoms with van der Waals surface area (Å²) in [6.45, 7) is 1.94. The van der Waals surface area contributed by atoms with Gasteiger partial charge in [0.25, 0.3) is 5.91 Å². The number of carbonyl (C=O) groups is 1. The highest BCUT2D eigenvalue weighted by Gasteiger charge is 2.13. The number of nitrogens with one attached hydrogen (secondary N) is 1. The number of amides is 1. The first-order valence-corrected chi connectivity index (χ1v) is 6.81. The Morgan fingerprint density at radius 1 is 1.30 bits per heavy atom. The molecule has 0 atom stereocenters. The van der Waals surface area contributed by atoms with E-state index in [2.05, 4.69) is 21.2 Å². The van der Waals surface area contributed by atoms with Gasteiger partial charge in [-0.1, -0.05) is 17.7 Å². The predicted octanol–water partition coefficient (Wildman–Crippen LogP) is 3.60. The largest absolute Gasteiger partial charge is 0.494 e. The van der Waals surface area contributed by atoms with E-state index in [1.807, 2.05) is 25.1 Å². The van der Waals surface area contributed by atoms with Crippen LogP contribution in [0.15, 0.2) is 40.9 Å². The number of nitrogens with two attached hydrogens (primary N) is 1. The first kappa shape index (κ1) is 14.4. The summed E-state index contributed by atoms with van der Waals surface area (Å²) in [6, 6.07) is 10.8. The van der Waals surface area contributed by atoms with E-state index in [0.717, 1.165) is 5.56 Å². The Morgan fingerprint density at radius 3 is 2.70 bits per heavy atom. The highest BCUT2D eigenvalue weighted by Crippen LogP contribution is 2.35. The molecule has 0 bridgehead atoms. The van der Waals surface area contributed by atoms with Crippen LogP contribution in [-0.2, 0) is 0 Å². The second kappa shape index (κ2) is 5.96. The normalized spacial score (nSPS) is 10.2. The summed E-state index contributed by atoms with van der Waals surface area (Å²) in [5.41, 5.74) is 8.49. The molecule has 20 heavy (non-hydrogen) atoms. The molecule has 0 unspecified atom stereocenters. The quantitative estimate of drug-likeness (QED) is 0.843. The lowest BCUT2D eigenvalue weighted by atomic mass is 10.1. The summed E-state index contributed by atoms with van der Waals surface area (Å²) in [5, 5.41) is 2.83. The van der Waals surface area contributed by atoms with Crippen LogP contribution in [0.25, 0.3) is 0 Å². The molecule has 2 aromatic rings. The van der Waals surface area contributed by atoms with Gasteiger partial charge in [0.15, 0.2) is 0 Å². The van der Waals surface area contributed by atoms with E-state index in [-0.39, 0.29) is 5.91 Å². The Hall–Kier alpha value is -2.01.